The second-order valence-electron chi connectivity index (χ2n) is 8.20. The third-order valence-corrected chi connectivity index (χ3v) is 7.23. The maximum absolute atomic E-state index is 13.9. The number of methoxy groups -OCH3 is 1. The highest BCUT2D eigenvalue weighted by atomic mass is 35.5. The van der Waals surface area contributed by atoms with Crippen molar-refractivity contribution in [1.82, 2.24) is 20.0 Å². The Bertz CT molecular complexity index is 1260. The van der Waals surface area contributed by atoms with E-state index >= 15 is 0 Å². The van der Waals surface area contributed by atoms with Crippen LogP contribution in [0.1, 0.15) is 17.3 Å². The minimum atomic E-state index is -4.61. The lowest BCUT2D eigenvalue weighted by Gasteiger charge is -2.43. The normalized spacial score (nSPS) is 24.4. The van der Waals surface area contributed by atoms with Crippen LogP contribution in [0.4, 0.5) is 22.0 Å². The van der Waals surface area contributed by atoms with E-state index in [4.69, 9.17) is 21.1 Å². The number of alkyl halides is 3. The lowest BCUT2D eigenvalue weighted by molar-refractivity contribution is -0.186. The van der Waals surface area contributed by atoms with Gasteiger partial charge in [-0.2, -0.15) is 13.2 Å². The highest BCUT2D eigenvalue weighted by Crippen LogP contribution is 2.40. The van der Waals surface area contributed by atoms with Crippen LogP contribution in [-0.2, 0) is 15.7 Å². The van der Waals surface area contributed by atoms with Crippen molar-refractivity contribution < 1.29 is 41.6 Å². The van der Waals surface area contributed by atoms with Gasteiger partial charge >= 0.3 is 6.18 Å². The molecule has 1 saturated heterocycles. The summed E-state index contributed by atoms with van der Waals surface area (Å²) in [6.07, 6.45) is -5.65. The summed E-state index contributed by atoms with van der Waals surface area (Å²) in [7, 11) is 1.33. The minimum absolute atomic E-state index is 0.0390. The molecule has 37 heavy (non-hydrogen) atoms. The first-order valence-electron chi connectivity index (χ1n) is 10.7. The molecule has 1 fully saturated rings. The van der Waals surface area contributed by atoms with E-state index in [0.717, 1.165) is 30.1 Å². The molecule has 0 aliphatic carbocycles. The molecule has 1 aliphatic heterocycles. The Kier molecular flexibility index (Phi) is 8.07. The fraction of sp³-hybridized carbons (Fsp3) is 0.409. The summed E-state index contributed by atoms with van der Waals surface area (Å²) in [4.78, 5) is 3.84. The van der Waals surface area contributed by atoms with E-state index in [-0.39, 0.29) is 16.8 Å². The van der Waals surface area contributed by atoms with E-state index in [1.165, 1.54) is 31.0 Å². The van der Waals surface area contributed by atoms with Crippen LogP contribution in [0.3, 0.4) is 0 Å². The number of hydrogen-bond donors (Lipinski definition) is 2. The maximum atomic E-state index is 13.9. The summed E-state index contributed by atoms with van der Waals surface area (Å²) < 4.78 is 79.7. The van der Waals surface area contributed by atoms with Crippen molar-refractivity contribution >= 4 is 23.4 Å². The summed E-state index contributed by atoms with van der Waals surface area (Å²) in [5, 5.41) is 27.9. The third-order valence-electron chi connectivity index (χ3n) is 5.77. The van der Waals surface area contributed by atoms with Crippen LogP contribution in [0.15, 0.2) is 35.5 Å². The molecule has 0 amide bonds. The van der Waals surface area contributed by atoms with Gasteiger partial charge in [0.2, 0.25) is 0 Å². The molecular formula is C22H20ClF5N4O4S. The molecule has 2 aromatic heterocycles. The smallest absolute Gasteiger partial charge is 0.394 e. The van der Waals surface area contributed by atoms with E-state index in [1.54, 1.807) is 0 Å². The predicted octanol–water partition coefficient (Wildman–Crippen LogP) is 4.03. The summed E-state index contributed by atoms with van der Waals surface area (Å²) in [6.45, 7) is 0.683. The van der Waals surface area contributed by atoms with E-state index in [9.17, 15) is 32.2 Å². The average Bonchev–Trinajstić information content (AvgIpc) is 3.31. The van der Waals surface area contributed by atoms with E-state index < -0.39 is 64.9 Å². The molecule has 5 atom stereocenters. The fourth-order valence-electron chi connectivity index (χ4n) is 4.01. The Hall–Kier alpha value is -2.36. The summed E-state index contributed by atoms with van der Waals surface area (Å²) in [6, 6.07) is 2.24. The summed E-state index contributed by atoms with van der Waals surface area (Å²) in [5.41, 5.74) is -1.93. The Labute approximate surface area is 216 Å². The zero-order chi connectivity index (χ0) is 27.1. The van der Waals surface area contributed by atoms with Crippen molar-refractivity contribution in [2.24, 2.45) is 0 Å². The van der Waals surface area contributed by atoms with Gasteiger partial charge < -0.3 is 19.7 Å². The largest absolute Gasteiger partial charge is 0.433 e. The molecule has 200 valence electrons. The number of rotatable bonds is 6. The Morgan fingerprint density at radius 2 is 1.89 bits per heavy atom. The van der Waals surface area contributed by atoms with Crippen LogP contribution in [0, 0.1) is 18.6 Å². The fourth-order valence-corrected chi connectivity index (χ4v) is 5.35. The van der Waals surface area contributed by atoms with Crippen molar-refractivity contribution in [1.29, 1.82) is 0 Å². The molecule has 4 rings (SSSR count). The highest BCUT2D eigenvalue weighted by Gasteiger charge is 2.47. The Morgan fingerprint density at radius 3 is 2.46 bits per heavy atom. The average molecular weight is 567 g/mol. The van der Waals surface area contributed by atoms with Crippen molar-refractivity contribution in [3.63, 3.8) is 0 Å². The summed E-state index contributed by atoms with van der Waals surface area (Å²) in [5.74, 6) is -1.99. The van der Waals surface area contributed by atoms with Crippen LogP contribution in [-0.4, -0.2) is 67.7 Å². The number of ether oxygens (including phenoxy) is 2. The number of thioether (sulfide) groups is 1. The third kappa shape index (κ3) is 5.59. The van der Waals surface area contributed by atoms with Gasteiger partial charge in [0.15, 0.2) is 0 Å². The monoisotopic (exact) mass is 566 g/mol. The number of pyridine rings is 1. The summed E-state index contributed by atoms with van der Waals surface area (Å²) >= 11 is 6.52. The first kappa shape index (κ1) is 27.7. The molecule has 0 radical (unpaired) electrons. The lowest BCUT2D eigenvalue weighted by atomic mass is 9.97. The molecule has 3 aromatic rings. The molecule has 0 saturated carbocycles. The number of nitrogens with zero attached hydrogens (tertiary/aromatic N) is 4. The molecule has 8 nitrogen and oxygen atoms in total. The Balaban J connectivity index is 1.65. The van der Waals surface area contributed by atoms with Gasteiger partial charge in [0, 0.05) is 23.8 Å². The predicted molar refractivity (Wildman–Crippen MR) is 122 cm³/mol. The molecule has 1 aliphatic rings. The van der Waals surface area contributed by atoms with Gasteiger partial charge in [-0.1, -0.05) is 28.6 Å². The van der Waals surface area contributed by atoms with Crippen LogP contribution in [0.5, 0.6) is 0 Å². The first-order chi connectivity index (χ1) is 17.4. The number of benzene rings is 1. The zero-order valence-electron chi connectivity index (χ0n) is 19.2. The van der Waals surface area contributed by atoms with Gasteiger partial charge in [-0.15, -0.1) is 5.10 Å². The molecule has 0 unspecified atom stereocenters. The zero-order valence-corrected chi connectivity index (χ0v) is 20.7. The topological polar surface area (TPSA) is 103 Å². The van der Waals surface area contributed by atoms with Crippen LogP contribution >= 0.6 is 23.4 Å². The van der Waals surface area contributed by atoms with Crippen LogP contribution < -0.4 is 0 Å². The van der Waals surface area contributed by atoms with E-state index in [0.29, 0.717) is 4.90 Å². The SMILES string of the molecule is CO[C@@H]1[C@@H](n2cc(-c3cc(F)c(Cl)c(F)c3)nn2)[C@@H](O)[C@@H](CO)O[C@@H]1Sc1cnc(C(F)(F)F)c(C)c1. The van der Waals surface area contributed by atoms with Gasteiger partial charge in [-0.3, -0.25) is 4.98 Å². The number of aliphatic hydroxyl groups is 2. The lowest BCUT2D eigenvalue weighted by Crippen LogP contribution is -2.55. The van der Waals surface area contributed by atoms with Gasteiger partial charge in [-0.25, -0.2) is 13.5 Å². The van der Waals surface area contributed by atoms with Gasteiger partial charge in [0.1, 0.15) is 57.8 Å². The quantitative estimate of drug-likeness (QED) is 0.341. The Morgan fingerprint density at radius 1 is 1.22 bits per heavy atom. The molecule has 2 N–H and O–H groups in total. The minimum Gasteiger partial charge on any atom is -0.394 e. The molecule has 0 bridgehead atoms. The molecule has 15 heteroatoms. The van der Waals surface area contributed by atoms with Crippen molar-refractivity contribution in [3.05, 3.63) is 58.5 Å². The number of halogens is 6. The molecule has 0 spiro atoms. The van der Waals surface area contributed by atoms with E-state index in [2.05, 4.69) is 15.3 Å². The molecule has 1 aromatic carbocycles. The number of hydrogen-bond acceptors (Lipinski definition) is 8. The van der Waals surface area contributed by atoms with E-state index in [1.807, 2.05) is 0 Å². The van der Waals surface area contributed by atoms with Gasteiger partial charge in [-0.05, 0) is 30.7 Å². The second kappa shape index (κ2) is 10.8. The first-order valence-corrected chi connectivity index (χ1v) is 11.9. The maximum Gasteiger partial charge on any atom is 0.433 e. The van der Waals surface area contributed by atoms with Crippen LogP contribution in [0.25, 0.3) is 11.3 Å². The number of aryl methyl sites for hydroxylation is 1. The van der Waals surface area contributed by atoms with Gasteiger partial charge in [0.05, 0.1) is 12.8 Å². The van der Waals surface area contributed by atoms with Crippen molar-refractivity contribution in [2.45, 2.75) is 47.8 Å². The van der Waals surface area contributed by atoms with Crippen molar-refractivity contribution in [3.8, 4) is 11.3 Å². The number of aromatic nitrogens is 4. The van der Waals surface area contributed by atoms with Gasteiger partial charge in [0.25, 0.3) is 0 Å². The number of aliphatic hydroxyl groups excluding tert-OH is 2. The van der Waals surface area contributed by atoms with Crippen molar-refractivity contribution in [2.75, 3.05) is 13.7 Å². The second-order valence-corrected chi connectivity index (χ2v) is 9.75. The standard InChI is InChI=1S/C22H20ClF5N4O4S/c1-9-3-11(6-29-20(9)22(26,27)28)37-21-19(35-2)17(18(34)15(8-33)36-21)32-7-14(30-31-32)10-4-12(24)16(23)13(25)5-10/h3-7,15,17-19,21,33-34H,8H2,1-2H3/t15-,17+,18+,19-,21-/m1/s1. The van der Waals surface area contributed by atoms with Crippen LogP contribution in [0.2, 0.25) is 5.02 Å². The molecule has 3 heterocycles. The molecular weight excluding hydrogens is 547 g/mol. The highest BCUT2D eigenvalue weighted by molar-refractivity contribution is 7.99.